The summed E-state index contributed by atoms with van der Waals surface area (Å²) in [6, 6.07) is 23.6. The number of carbonyl (C=O) groups excluding carboxylic acids is 5. The molecule has 0 radical (unpaired) electrons. The number of hydrogen-bond acceptors (Lipinski definition) is 24. The zero-order chi connectivity index (χ0) is 67.3. The fraction of sp³-hybridized carbons (Fsp3) is 0.484. The predicted molar refractivity (Wildman–Crippen MR) is 341 cm³/mol. The second-order valence-electron chi connectivity index (χ2n) is 22.8. The Kier molecular flexibility index (Phi) is 27.8. The van der Waals surface area contributed by atoms with Crippen LogP contribution in [0.3, 0.4) is 0 Å². The van der Waals surface area contributed by atoms with Gasteiger partial charge in [-0.2, -0.15) is 0 Å². The Morgan fingerprint density at radius 1 is 0.734 bits per heavy atom. The van der Waals surface area contributed by atoms with E-state index in [1.165, 1.54) is 49.8 Å². The molecule has 5 heterocycles. The minimum absolute atomic E-state index is 0. The maximum atomic E-state index is 14.8. The number of rotatable bonds is 30. The van der Waals surface area contributed by atoms with Crippen LogP contribution in [0.1, 0.15) is 71.2 Å². The van der Waals surface area contributed by atoms with Gasteiger partial charge in [-0.3, -0.25) is 19.2 Å². The Morgan fingerprint density at radius 2 is 1.33 bits per heavy atom. The zero-order valence-corrected chi connectivity index (χ0v) is 56.5. The first-order valence-electron chi connectivity index (χ1n) is 29.9. The number of amides is 5. The number of benzene rings is 3. The van der Waals surface area contributed by atoms with Crippen molar-refractivity contribution < 1.29 is 112 Å². The number of nitrogens with zero attached hydrogens (tertiary/aromatic N) is 4. The van der Waals surface area contributed by atoms with Crippen LogP contribution in [0.5, 0.6) is 0 Å². The molecule has 5 amide bonds. The van der Waals surface area contributed by atoms with Crippen LogP contribution in [0.25, 0.3) is 10.7 Å². The Balaban J connectivity index is 0.0000125. The number of primary amides is 1. The number of halogens is 1. The highest BCUT2D eigenvalue weighted by molar-refractivity contribution is 7.95. The summed E-state index contributed by atoms with van der Waals surface area (Å²) in [5, 5.41) is 104. The SMILES string of the molecule is C[C@H](C(=O)N[C@H](C(=O)NCCc1nc(-c2nc(C(=O)NCCC[S+](C)C)cs2)cs1)[C@@H](C)O)[C@H](O)[C@@H](C)NC(=O)[C@@H](N)[C@@H](O[C@@H]1O[C@@H](CO)[C@@H](O)[C@H](O)[C@@H]1O[C@H]1O[C@H](CO)[C@@H](O)[C@H](OC(N)=O)[C@@H]1O)c1cn(C(c2ccccc2)(c2ccccc2)c2ccccc2)cn1.[I-]. The molecule has 16 N–H and O–H groups in total. The molecule has 2 aliphatic heterocycles. The summed E-state index contributed by atoms with van der Waals surface area (Å²) < 4.78 is 31.1. The van der Waals surface area contributed by atoms with Gasteiger partial charge in [0.05, 0.1) is 66.9 Å². The molecular weight excluding hydrogens is 1400 g/mol. The molecule has 3 aromatic heterocycles. The van der Waals surface area contributed by atoms with Crippen molar-refractivity contribution in [2.24, 2.45) is 17.4 Å². The number of nitrogens with one attached hydrogen (secondary N) is 4. The van der Waals surface area contributed by atoms with E-state index in [2.05, 4.69) is 43.7 Å². The van der Waals surface area contributed by atoms with E-state index in [0.29, 0.717) is 22.3 Å². The number of aromatic nitrogens is 4. The van der Waals surface area contributed by atoms with Gasteiger partial charge in [0.1, 0.15) is 88.6 Å². The first kappa shape index (κ1) is 75.2. The molecule has 0 saturated carbocycles. The quantitative estimate of drug-likeness (QED) is 0.00888. The number of hydrogen-bond donors (Lipinski definition) is 14. The molecule has 0 bridgehead atoms. The molecule has 94 heavy (non-hydrogen) atoms. The maximum Gasteiger partial charge on any atom is 0.404 e. The number of aliphatic hydroxyl groups excluding tert-OH is 8. The average Bonchev–Trinajstić information content (AvgIpc) is 1.32. The monoisotopic (exact) mass is 1480 g/mol. The lowest BCUT2D eigenvalue weighted by molar-refractivity contribution is -0.372. The van der Waals surface area contributed by atoms with E-state index in [1.807, 2.05) is 91.0 Å². The number of imidazole rings is 1. The molecule has 0 unspecified atom stereocenters. The molecule has 512 valence electrons. The van der Waals surface area contributed by atoms with Gasteiger partial charge in [0.25, 0.3) is 5.91 Å². The largest absolute Gasteiger partial charge is 1.00 e. The lowest BCUT2D eigenvalue weighted by Gasteiger charge is -2.47. The molecule has 3 aromatic carbocycles. The molecule has 0 aliphatic carbocycles. The van der Waals surface area contributed by atoms with Crippen LogP contribution < -0.4 is 56.7 Å². The summed E-state index contributed by atoms with van der Waals surface area (Å²) in [7, 11) is 0.277. The van der Waals surface area contributed by atoms with Crippen molar-refractivity contribution >= 4 is 63.3 Å². The zero-order valence-electron chi connectivity index (χ0n) is 51.9. The van der Waals surface area contributed by atoms with E-state index < -0.39 is 146 Å². The molecule has 8 rings (SSSR count). The van der Waals surface area contributed by atoms with E-state index in [0.717, 1.165) is 28.9 Å². The van der Waals surface area contributed by atoms with Crippen molar-refractivity contribution in [2.75, 3.05) is 44.6 Å². The van der Waals surface area contributed by atoms with Crippen LogP contribution in [0.2, 0.25) is 0 Å². The van der Waals surface area contributed by atoms with Crippen molar-refractivity contribution in [3.8, 4) is 10.7 Å². The summed E-state index contributed by atoms with van der Waals surface area (Å²) in [6.07, 6.45) is -16.8. The third kappa shape index (κ3) is 17.9. The third-order valence-corrected chi connectivity index (χ3v) is 18.9. The topological polar surface area (TPSA) is 437 Å². The van der Waals surface area contributed by atoms with Crippen molar-refractivity contribution in [3.05, 3.63) is 147 Å². The fourth-order valence-corrected chi connectivity index (χ4v) is 13.3. The normalized spacial score (nSPS) is 23.7. The van der Waals surface area contributed by atoms with Crippen molar-refractivity contribution in [1.29, 1.82) is 0 Å². The van der Waals surface area contributed by atoms with Gasteiger partial charge in [0, 0.05) is 42.9 Å². The number of aliphatic hydroxyl groups is 8. The second kappa shape index (κ2) is 34.7. The highest BCUT2D eigenvalue weighted by Gasteiger charge is 2.54. The molecular formula is C62H81IN10O18S3. The van der Waals surface area contributed by atoms with Crippen LogP contribution in [0.4, 0.5) is 4.79 Å². The molecule has 6 aromatic rings. The molecule has 2 saturated heterocycles. The summed E-state index contributed by atoms with van der Waals surface area (Å²) in [5.74, 6) is -3.26. The average molecular weight is 1480 g/mol. The minimum Gasteiger partial charge on any atom is -1.00 e. The van der Waals surface area contributed by atoms with Crippen molar-refractivity contribution in [1.82, 2.24) is 40.8 Å². The minimum atomic E-state index is -2.09. The van der Waals surface area contributed by atoms with Crippen LogP contribution in [0, 0.1) is 5.92 Å². The van der Waals surface area contributed by atoms with E-state index in [-0.39, 0.29) is 65.1 Å². The van der Waals surface area contributed by atoms with E-state index in [1.54, 1.807) is 21.5 Å². The van der Waals surface area contributed by atoms with Gasteiger partial charge in [-0.05, 0) is 41.4 Å². The predicted octanol–water partition coefficient (Wildman–Crippen LogP) is -3.86. The smallest absolute Gasteiger partial charge is 0.404 e. The van der Waals surface area contributed by atoms with Crippen LogP contribution >= 0.6 is 22.7 Å². The number of nitrogens with two attached hydrogens (primary N) is 2. The molecule has 32 heteroatoms. The fourth-order valence-electron chi connectivity index (χ4n) is 10.9. The molecule has 0 spiro atoms. The van der Waals surface area contributed by atoms with Crippen LogP contribution in [-0.2, 0) is 60.9 Å². The Hall–Kier alpha value is -6.16. The van der Waals surface area contributed by atoms with Gasteiger partial charge >= 0.3 is 6.09 Å². The van der Waals surface area contributed by atoms with E-state index >= 15 is 0 Å². The van der Waals surface area contributed by atoms with Crippen molar-refractivity contribution in [2.45, 2.75) is 137 Å². The molecule has 17 atom stereocenters. The number of ether oxygens (including phenoxy) is 5. The van der Waals surface area contributed by atoms with Gasteiger partial charge in [0.2, 0.25) is 17.7 Å². The lowest BCUT2D eigenvalue weighted by atomic mass is 9.77. The third-order valence-electron chi connectivity index (χ3n) is 16.0. The number of thiazole rings is 2. The van der Waals surface area contributed by atoms with E-state index in [4.69, 9.17) is 40.1 Å². The van der Waals surface area contributed by atoms with Gasteiger partial charge in [0.15, 0.2) is 18.7 Å². The summed E-state index contributed by atoms with van der Waals surface area (Å²) in [5.41, 5.74) is 14.0. The van der Waals surface area contributed by atoms with Crippen LogP contribution in [0.15, 0.2) is 114 Å². The summed E-state index contributed by atoms with van der Waals surface area (Å²) in [6.45, 7) is 2.78. The molecule has 2 fully saturated rings. The van der Waals surface area contributed by atoms with Crippen LogP contribution in [-0.4, -0.2) is 226 Å². The maximum absolute atomic E-state index is 14.8. The van der Waals surface area contributed by atoms with Gasteiger partial charge in [-0.25, -0.2) is 19.7 Å². The summed E-state index contributed by atoms with van der Waals surface area (Å²) in [4.78, 5) is 80.6. The molecule has 28 nitrogen and oxygen atoms in total. The first-order chi connectivity index (χ1) is 44.5. The Morgan fingerprint density at radius 3 is 1.90 bits per heavy atom. The highest BCUT2D eigenvalue weighted by Crippen LogP contribution is 2.42. The lowest BCUT2D eigenvalue weighted by Crippen LogP contribution is -3.00. The van der Waals surface area contributed by atoms with E-state index in [9.17, 15) is 64.8 Å². The number of carbonyl (C=O) groups is 5. The Labute approximate surface area is 570 Å². The molecule has 2 aliphatic rings. The first-order valence-corrected chi connectivity index (χ1v) is 33.9. The van der Waals surface area contributed by atoms with Gasteiger partial charge in [-0.15, -0.1) is 22.7 Å². The van der Waals surface area contributed by atoms with Gasteiger partial charge < -0.3 is 126 Å². The van der Waals surface area contributed by atoms with Gasteiger partial charge in [-0.1, -0.05) is 97.9 Å². The second-order valence-corrected chi connectivity index (χ2v) is 27.0. The highest BCUT2D eigenvalue weighted by atomic mass is 127. The Bertz CT molecular complexity index is 3300. The standard InChI is InChI=1S/C62H80N10O18S3.HI/c1-32(54(81)71-45(34(3)75)57(84)66-24-22-43-69-40(30-91-43)58-70-39(29-92-58)55(82)65-23-15-25-93(4)5)46(76)33(2)68-56(83)44(63)51(38-26-72(31-67-38)62(35-16-9-6-10-17-35,36-18-11-7-12-19-36)37-20-13-8-14-21-37)88-60-53(49(79)47(77)41(27-73)87-60)89-59-50(80)52(90-61(64)85)48(78)42(28-74)86-59;/h6-14,16-21,26,29-34,41-42,44-53,59-60,73-80H,15,22-25,27-28,63H2,1-5H3,(H5-,64,65,66,68,71,81,82,83,84,85);1H/t32-,33+,34+,41-,42+,44-,45-,46-,47+,48+,49-,50-,51-,52-,53-,59+,60-;/m0./s1. The van der Waals surface area contributed by atoms with Crippen molar-refractivity contribution in [3.63, 3.8) is 0 Å². The summed E-state index contributed by atoms with van der Waals surface area (Å²) >= 11 is 2.60.